The highest BCUT2D eigenvalue weighted by Gasteiger charge is 2.11. The molecule has 0 saturated carbocycles. The van der Waals surface area contributed by atoms with Gasteiger partial charge in [-0.2, -0.15) is 4.98 Å². The molecule has 5 nitrogen and oxygen atoms in total. The smallest absolute Gasteiger partial charge is 0.246 e. The second kappa shape index (κ2) is 7.42. The van der Waals surface area contributed by atoms with Gasteiger partial charge in [-0.15, -0.1) is 0 Å². The van der Waals surface area contributed by atoms with Crippen LogP contribution in [0.15, 0.2) is 53.1 Å². The van der Waals surface area contributed by atoms with Gasteiger partial charge in [0.2, 0.25) is 11.7 Å². The summed E-state index contributed by atoms with van der Waals surface area (Å²) in [4.78, 5) is 4.32. The Morgan fingerprint density at radius 3 is 2.67 bits per heavy atom. The van der Waals surface area contributed by atoms with Gasteiger partial charge < -0.3 is 15.2 Å². The van der Waals surface area contributed by atoms with Crippen molar-refractivity contribution in [2.45, 2.75) is 13.5 Å². The van der Waals surface area contributed by atoms with E-state index in [4.69, 9.17) is 28.3 Å². The van der Waals surface area contributed by atoms with Crippen LogP contribution in [0.5, 0.6) is 0 Å². The molecule has 0 unspecified atom stereocenters. The van der Waals surface area contributed by atoms with Gasteiger partial charge in [0.05, 0.1) is 11.6 Å². The van der Waals surface area contributed by atoms with Crippen LogP contribution >= 0.6 is 23.8 Å². The van der Waals surface area contributed by atoms with E-state index in [-0.39, 0.29) is 0 Å². The van der Waals surface area contributed by atoms with Gasteiger partial charge in [0.1, 0.15) is 0 Å². The summed E-state index contributed by atoms with van der Waals surface area (Å²) in [7, 11) is 0. The predicted octanol–water partition coefficient (Wildman–Crippen LogP) is 4.19. The van der Waals surface area contributed by atoms with E-state index < -0.39 is 0 Å². The van der Waals surface area contributed by atoms with Crippen molar-refractivity contribution >= 4 is 34.6 Å². The lowest BCUT2D eigenvalue weighted by molar-refractivity contribution is 0.376. The minimum atomic E-state index is 0.329. The summed E-state index contributed by atoms with van der Waals surface area (Å²) in [6, 6.07) is 15.3. The summed E-state index contributed by atoms with van der Waals surface area (Å²) >= 11 is 11.4. The summed E-state index contributed by atoms with van der Waals surface area (Å²) in [6.45, 7) is 2.36. The first-order valence-corrected chi connectivity index (χ1v) is 8.09. The molecule has 0 fully saturated rings. The highest BCUT2D eigenvalue weighted by atomic mass is 35.5. The predicted molar refractivity (Wildman–Crippen MR) is 99.0 cm³/mol. The maximum Gasteiger partial charge on any atom is 0.246 e. The zero-order valence-corrected chi connectivity index (χ0v) is 14.5. The molecule has 1 aromatic heterocycles. The van der Waals surface area contributed by atoms with E-state index in [0.29, 0.717) is 28.4 Å². The molecule has 0 aliphatic carbocycles. The highest BCUT2D eigenvalue weighted by Crippen LogP contribution is 2.24. The molecule has 0 aliphatic rings. The molecule has 0 saturated heterocycles. The topological polar surface area (TPSA) is 63.0 Å². The van der Waals surface area contributed by atoms with Gasteiger partial charge in [0.25, 0.3) is 0 Å². The molecule has 2 N–H and O–H groups in total. The van der Waals surface area contributed by atoms with Crippen LogP contribution in [0.2, 0.25) is 5.02 Å². The van der Waals surface area contributed by atoms with E-state index in [2.05, 4.69) is 20.8 Å². The van der Waals surface area contributed by atoms with Gasteiger partial charge in [-0.3, -0.25) is 0 Å². The molecule has 2 aromatic carbocycles. The molecule has 0 atom stereocenters. The number of hydrogen-bond acceptors (Lipinski definition) is 4. The average Bonchev–Trinajstić information content (AvgIpc) is 3.04. The zero-order chi connectivity index (χ0) is 16.9. The van der Waals surface area contributed by atoms with Crippen LogP contribution in [0.3, 0.4) is 0 Å². The molecule has 3 aromatic rings. The number of aryl methyl sites for hydroxylation is 1. The van der Waals surface area contributed by atoms with E-state index in [1.165, 1.54) is 5.56 Å². The van der Waals surface area contributed by atoms with Crippen molar-refractivity contribution in [1.82, 2.24) is 15.5 Å². The molecule has 122 valence electrons. The molecule has 3 rings (SSSR count). The fourth-order valence-corrected chi connectivity index (χ4v) is 2.46. The third-order valence-electron chi connectivity index (χ3n) is 3.29. The monoisotopic (exact) mass is 358 g/mol. The Kier molecular flexibility index (Phi) is 5.08. The molecule has 7 heteroatoms. The first kappa shape index (κ1) is 16.4. The third-order valence-corrected chi connectivity index (χ3v) is 3.87. The van der Waals surface area contributed by atoms with E-state index in [0.717, 1.165) is 11.3 Å². The maximum absolute atomic E-state index is 6.13. The Labute approximate surface area is 150 Å². The lowest BCUT2D eigenvalue weighted by Gasteiger charge is -2.08. The van der Waals surface area contributed by atoms with Gasteiger partial charge in [-0.1, -0.05) is 46.6 Å². The van der Waals surface area contributed by atoms with Gasteiger partial charge >= 0.3 is 0 Å². The fraction of sp³-hybridized carbons (Fsp3) is 0.118. The second-order valence-electron chi connectivity index (χ2n) is 5.17. The zero-order valence-electron chi connectivity index (χ0n) is 12.9. The van der Waals surface area contributed by atoms with Crippen molar-refractivity contribution in [1.29, 1.82) is 0 Å². The van der Waals surface area contributed by atoms with Crippen LogP contribution in [0.4, 0.5) is 5.69 Å². The van der Waals surface area contributed by atoms with E-state index in [9.17, 15) is 0 Å². The number of nitrogens with zero attached hydrogens (tertiary/aromatic N) is 2. The van der Waals surface area contributed by atoms with E-state index in [1.807, 2.05) is 49.4 Å². The molecular weight excluding hydrogens is 344 g/mol. The highest BCUT2D eigenvalue weighted by molar-refractivity contribution is 7.80. The summed E-state index contributed by atoms with van der Waals surface area (Å²) in [5, 5.41) is 11.1. The molecule has 0 aliphatic heterocycles. The third kappa shape index (κ3) is 4.10. The number of aromatic nitrogens is 2. The SMILES string of the molecule is Cc1ccc(NC(=S)NCc2nc(-c3ccccc3Cl)no2)cc1. The molecule has 0 spiro atoms. The number of halogens is 1. The number of anilines is 1. The van der Waals surface area contributed by atoms with Crippen LogP contribution in [-0.4, -0.2) is 15.3 Å². The van der Waals surface area contributed by atoms with Crippen molar-refractivity contribution in [3.63, 3.8) is 0 Å². The summed E-state index contributed by atoms with van der Waals surface area (Å²) < 4.78 is 5.22. The Hall–Kier alpha value is -2.44. The van der Waals surface area contributed by atoms with Crippen molar-refractivity contribution < 1.29 is 4.52 Å². The molecule has 0 bridgehead atoms. The van der Waals surface area contributed by atoms with Gasteiger partial charge in [-0.25, -0.2) is 0 Å². The number of benzene rings is 2. The Bertz CT molecular complexity index is 848. The van der Waals surface area contributed by atoms with E-state index >= 15 is 0 Å². The van der Waals surface area contributed by atoms with Crippen LogP contribution in [0.25, 0.3) is 11.4 Å². The van der Waals surface area contributed by atoms with Crippen LogP contribution < -0.4 is 10.6 Å². The van der Waals surface area contributed by atoms with Crippen LogP contribution in [0.1, 0.15) is 11.5 Å². The lowest BCUT2D eigenvalue weighted by atomic mass is 10.2. The lowest BCUT2D eigenvalue weighted by Crippen LogP contribution is -2.27. The van der Waals surface area contributed by atoms with Crippen molar-refractivity contribution in [3.8, 4) is 11.4 Å². The normalized spacial score (nSPS) is 10.4. The maximum atomic E-state index is 6.13. The Morgan fingerprint density at radius 1 is 1.17 bits per heavy atom. The molecule has 0 radical (unpaired) electrons. The number of nitrogens with one attached hydrogen (secondary N) is 2. The Balaban J connectivity index is 1.58. The van der Waals surface area contributed by atoms with Crippen LogP contribution in [0, 0.1) is 6.92 Å². The summed E-state index contributed by atoms with van der Waals surface area (Å²) in [6.07, 6.45) is 0. The Morgan fingerprint density at radius 2 is 1.92 bits per heavy atom. The van der Waals surface area contributed by atoms with Crippen LogP contribution in [-0.2, 0) is 6.54 Å². The average molecular weight is 359 g/mol. The van der Waals surface area contributed by atoms with Gasteiger partial charge in [0.15, 0.2) is 5.11 Å². The minimum Gasteiger partial charge on any atom is -0.353 e. The minimum absolute atomic E-state index is 0.329. The summed E-state index contributed by atoms with van der Waals surface area (Å²) in [5.41, 5.74) is 2.84. The first-order chi connectivity index (χ1) is 11.6. The van der Waals surface area contributed by atoms with Gasteiger partial charge in [0, 0.05) is 11.3 Å². The molecule has 0 amide bonds. The molecule has 1 heterocycles. The molecule has 24 heavy (non-hydrogen) atoms. The molecular formula is C17H15ClN4OS. The first-order valence-electron chi connectivity index (χ1n) is 7.31. The van der Waals surface area contributed by atoms with Crippen molar-refractivity contribution in [2.24, 2.45) is 0 Å². The van der Waals surface area contributed by atoms with E-state index in [1.54, 1.807) is 6.07 Å². The van der Waals surface area contributed by atoms with Crippen molar-refractivity contribution in [3.05, 3.63) is 65.0 Å². The number of thiocarbonyl (C=S) groups is 1. The largest absolute Gasteiger partial charge is 0.353 e. The fourth-order valence-electron chi connectivity index (χ4n) is 2.05. The number of rotatable bonds is 4. The van der Waals surface area contributed by atoms with Gasteiger partial charge in [-0.05, 0) is 43.4 Å². The van der Waals surface area contributed by atoms with Crippen molar-refractivity contribution in [2.75, 3.05) is 5.32 Å². The quantitative estimate of drug-likeness (QED) is 0.682. The second-order valence-corrected chi connectivity index (χ2v) is 5.98. The standard InChI is InChI=1S/C17H15ClN4OS/c1-11-6-8-12(9-7-11)20-17(24)19-10-15-21-16(22-23-15)13-4-2-3-5-14(13)18/h2-9H,10H2,1H3,(H2,19,20,24). The summed E-state index contributed by atoms with van der Waals surface area (Å²) in [5.74, 6) is 0.882. The number of hydrogen-bond donors (Lipinski definition) is 2.